The number of rotatable bonds is 5. The maximum absolute atomic E-state index is 11.0. The Kier molecular flexibility index (Phi) is 3.50. The molecule has 0 spiro atoms. The third-order valence-electron chi connectivity index (χ3n) is 2.48. The first-order valence-corrected chi connectivity index (χ1v) is 5.28. The maximum atomic E-state index is 11.0. The van der Waals surface area contributed by atoms with Crippen molar-refractivity contribution in [3.63, 3.8) is 0 Å². The highest BCUT2D eigenvalue weighted by molar-refractivity contribution is 5.75. The second-order valence-electron chi connectivity index (χ2n) is 4.51. The van der Waals surface area contributed by atoms with Gasteiger partial charge in [0.2, 0.25) is 5.91 Å². The summed E-state index contributed by atoms with van der Waals surface area (Å²) in [5.74, 6) is -0.287. The summed E-state index contributed by atoms with van der Waals surface area (Å²) >= 11 is 0. The number of nitrogens with two attached hydrogens (primary N) is 1. The number of H-pyrrole nitrogens is 1. The van der Waals surface area contributed by atoms with Crippen LogP contribution in [0.1, 0.15) is 45.0 Å². The van der Waals surface area contributed by atoms with Crippen LogP contribution in [0.15, 0.2) is 6.33 Å². The van der Waals surface area contributed by atoms with E-state index in [0.29, 0.717) is 6.42 Å². The molecule has 0 aliphatic carbocycles. The molecule has 4 heteroatoms. The van der Waals surface area contributed by atoms with E-state index in [1.807, 2.05) is 13.8 Å². The highest BCUT2D eigenvalue weighted by atomic mass is 16.1. The number of hydrogen-bond donors (Lipinski definition) is 2. The maximum Gasteiger partial charge on any atom is 0.218 e. The van der Waals surface area contributed by atoms with Crippen molar-refractivity contribution in [1.82, 2.24) is 9.97 Å². The molecule has 0 unspecified atom stereocenters. The summed E-state index contributed by atoms with van der Waals surface area (Å²) in [5, 5.41) is 0. The van der Waals surface area contributed by atoms with E-state index in [2.05, 4.69) is 16.9 Å². The van der Waals surface area contributed by atoms with E-state index < -0.39 is 0 Å². The number of nitrogens with one attached hydrogen (secondary N) is 1. The lowest BCUT2D eigenvalue weighted by molar-refractivity contribution is -0.119. The van der Waals surface area contributed by atoms with Crippen LogP contribution in [0.2, 0.25) is 0 Å². The Bertz CT molecular complexity index is 341. The molecule has 3 N–H and O–H groups in total. The van der Waals surface area contributed by atoms with Gasteiger partial charge in [-0.2, -0.15) is 0 Å². The van der Waals surface area contributed by atoms with Crippen molar-refractivity contribution in [3.8, 4) is 0 Å². The van der Waals surface area contributed by atoms with Gasteiger partial charge in [0.15, 0.2) is 0 Å². The lowest BCUT2D eigenvalue weighted by atomic mass is 9.83. The summed E-state index contributed by atoms with van der Waals surface area (Å²) in [6.07, 6.45) is 4.02. The molecule has 0 saturated heterocycles. The Labute approximate surface area is 90.3 Å². The van der Waals surface area contributed by atoms with Gasteiger partial charge in [-0.1, -0.05) is 27.2 Å². The van der Waals surface area contributed by atoms with Crippen LogP contribution in [0, 0.1) is 0 Å². The summed E-state index contributed by atoms with van der Waals surface area (Å²) in [7, 11) is 0. The van der Waals surface area contributed by atoms with E-state index in [-0.39, 0.29) is 11.3 Å². The van der Waals surface area contributed by atoms with Crippen LogP contribution in [0.3, 0.4) is 0 Å². The number of imidazole rings is 1. The zero-order chi connectivity index (χ0) is 11.5. The molecular formula is C11H19N3O. The Balaban J connectivity index is 2.92. The SMILES string of the molecule is CCCc1[nH]cnc1C(C)(C)CC(N)=O. The molecule has 1 aromatic rings. The molecule has 0 radical (unpaired) electrons. The van der Waals surface area contributed by atoms with Crippen molar-refractivity contribution in [3.05, 3.63) is 17.7 Å². The number of nitrogens with zero attached hydrogens (tertiary/aromatic N) is 1. The van der Waals surface area contributed by atoms with Gasteiger partial charge in [-0.05, 0) is 6.42 Å². The minimum atomic E-state index is -0.287. The summed E-state index contributed by atoms with van der Waals surface area (Å²) in [5.41, 5.74) is 7.03. The first-order valence-electron chi connectivity index (χ1n) is 5.28. The van der Waals surface area contributed by atoms with Crippen molar-refractivity contribution < 1.29 is 4.79 Å². The number of hydrogen-bond acceptors (Lipinski definition) is 2. The van der Waals surface area contributed by atoms with Gasteiger partial charge in [0.1, 0.15) is 0 Å². The van der Waals surface area contributed by atoms with Crippen LogP contribution in [0.25, 0.3) is 0 Å². The molecule has 1 rings (SSSR count). The minimum absolute atomic E-state index is 0.281. The summed E-state index contributed by atoms with van der Waals surface area (Å²) in [6, 6.07) is 0. The number of primary amides is 1. The molecule has 0 saturated carbocycles. The first kappa shape index (κ1) is 11.8. The molecule has 0 aliphatic rings. The minimum Gasteiger partial charge on any atom is -0.370 e. The fraction of sp³-hybridized carbons (Fsp3) is 0.636. The standard InChI is InChI=1S/C11H19N3O/c1-4-5-8-10(14-7-13-8)11(2,3)6-9(12)15/h7H,4-6H2,1-3H3,(H2,12,15)(H,13,14). The summed E-state index contributed by atoms with van der Waals surface area (Å²) < 4.78 is 0. The van der Waals surface area contributed by atoms with E-state index >= 15 is 0 Å². The van der Waals surface area contributed by atoms with Gasteiger partial charge in [-0.25, -0.2) is 4.98 Å². The van der Waals surface area contributed by atoms with Gasteiger partial charge in [0, 0.05) is 17.5 Å². The van der Waals surface area contributed by atoms with Crippen molar-refractivity contribution >= 4 is 5.91 Å². The molecule has 4 nitrogen and oxygen atoms in total. The lowest BCUT2D eigenvalue weighted by Crippen LogP contribution is -2.27. The predicted molar refractivity (Wildman–Crippen MR) is 59.4 cm³/mol. The van der Waals surface area contributed by atoms with Crippen LogP contribution in [0.5, 0.6) is 0 Å². The Hall–Kier alpha value is -1.32. The Morgan fingerprint density at radius 2 is 2.27 bits per heavy atom. The average molecular weight is 209 g/mol. The molecule has 0 atom stereocenters. The van der Waals surface area contributed by atoms with E-state index in [0.717, 1.165) is 24.2 Å². The van der Waals surface area contributed by atoms with Crippen LogP contribution in [-0.2, 0) is 16.6 Å². The average Bonchev–Trinajstić information content (AvgIpc) is 2.51. The highest BCUT2D eigenvalue weighted by Crippen LogP contribution is 2.27. The molecule has 1 aromatic heterocycles. The second-order valence-corrected chi connectivity index (χ2v) is 4.51. The van der Waals surface area contributed by atoms with Gasteiger partial charge in [-0.3, -0.25) is 4.79 Å². The molecule has 0 aliphatic heterocycles. The van der Waals surface area contributed by atoms with E-state index in [4.69, 9.17) is 5.73 Å². The summed E-state index contributed by atoms with van der Waals surface area (Å²) in [6.45, 7) is 6.10. The molecule has 15 heavy (non-hydrogen) atoms. The Morgan fingerprint density at radius 1 is 1.60 bits per heavy atom. The van der Waals surface area contributed by atoms with Crippen molar-refractivity contribution in [1.29, 1.82) is 0 Å². The molecule has 0 bridgehead atoms. The van der Waals surface area contributed by atoms with Gasteiger partial charge < -0.3 is 10.7 Å². The topological polar surface area (TPSA) is 71.8 Å². The second kappa shape index (κ2) is 4.47. The number of amides is 1. The molecule has 0 fully saturated rings. The number of aromatic amines is 1. The third-order valence-corrected chi connectivity index (χ3v) is 2.48. The Morgan fingerprint density at radius 3 is 2.80 bits per heavy atom. The number of carbonyl (C=O) groups excluding carboxylic acids is 1. The molecule has 1 heterocycles. The molecule has 1 amide bonds. The number of aromatic nitrogens is 2. The van der Waals surface area contributed by atoms with Gasteiger partial charge in [0.05, 0.1) is 12.0 Å². The van der Waals surface area contributed by atoms with Gasteiger partial charge >= 0.3 is 0 Å². The quantitative estimate of drug-likeness (QED) is 0.771. The zero-order valence-corrected chi connectivity index (χ0v) is 9.63. The normalized spacial score (nSPS) is 11.7. The fourth-order valence-corrected chi connectivity index (χ4v) is 1.86. The van der Waals surface area contributed by atoms with Gasteiger partial charge in [-0.15, -0.1) is 0 Å². The van der Waals surface area contributed by atoms with Gasteiger partial charge in [0.25, 0.3) is 0 Å². The monoisotopic (exact) mass is 209 g/mol. The van der Waals surface area contributed by atoms with Crippen molar-refractivity contribution in [2.75, 3.05) is 0 Å². The van der Waals surface area contributed by atoms with E-state index in [1.165, 1.54) is 0 Å². The first-order chi connectivity index (χ1) is 6.97. The highest BCUT2D eigenvalue weighted by Gasteiger charge is 2.27. The van der Waals surface area contributed by atoms with Crippen molar-refractivity contribution in [2.24, 2.45) is 5.73 Å². The van der Waals surface area contributed by atoms with E-state index in [9.17, 15) is 4.79 Å². The fourth-order valence-electron chi connectivity index (χ4n) is 1.86. The largest absolute Gasteiger partial charge is 0.370 e. The van der Waals surface area contributed by atoms with Crippen LogP contribution in [-0.4, -0.2) is 15.9 Å². The number of aryl methyl sites for hydroxylation is 1. The predicted octanol–water partition coefficient (Wildman–Crippen LogP) is 1.52. The zero-order valence-electron chi connectivity index (χ0n) is 9.63. The smallest absolute Gasteiger partial charge is 0.218 e. The third kappa shape index (κ3) is 2.81. The van der Waals surface area contributed by atoms with Crippen molar-refractivity contribution in [2.45, 2.75) is 45.4 Å². The van der Waals surface area contributed by atoms with Crippen LogP contribution in [0.4, 0.5) is 0 Å². The van der Waals surface area contributed by atoms with Crippen LogP contribution >= 0.6 is 0 Å². The van der Waals surface area contributed by atoms with E-state index in [1.54, 1.807) is 6.33 Å². The van der Waals surface area contributed by atoms with Crippen LogP contribution < -0.4 is 5.73 Å². The molecule has 84 valence electrons. The molecule has 0 aromatic carbocycles. The number of carbonyl (C=O) groups is 1. The lowest BCUT2D eigenvalue weighted by Gasteiger charge is -2.22. The summed E-state index contributed by atoms with van der Waals surface area (Å²) in [4.78, 5) is 18.4. The molecular weight excluding hydrogens is 190 g/mol.